The second-order valence-corrected chi connectivity index (χ2v) is 6.91. The molecule has 1 N–H and O–H groups in total. The lowest BCUT2D eigenvalue weighted by Gasteiger charge is -2.35. The smallest absolute Gasteiger partial charge is 0.280 e. The number of methoxy groups -OCH3 is 1. The quantitative estimate of drug-likeness (QED) is 0.392. The molecule has 3 rings (SSSR count). The Morgan fingerprint density at radius 3 is 2.69 bits per heavy atom. The van der Waals surface area contributed by atoms with E-state index in [0.717, 1.165) is 17.5 Å². The number of fused-ring (bicyclic) bond motifs is 1. The minimum atomic E-state index is -0.541. The molecule has 26 heavy (non-hydrogen) atoms. The number of hydrogen-bond acceptors (Lipinski definition) is 5. The third-order valence-corrected chi connectivity index (χ3v) is 4.35. The summed E-state index contributed by atoms with van der Waals surface area (Å²) in [4.78, 5) is 23.4. The molecule has 1 aliphatic rings. The number of carbonyl (C=O) groups excluding carboxylic acids is 1. The van der Waals surface area contributed by atoms with Crippen LogP contribution >= 0.6 is 0 Å². The van der Waals surface area contributed by atoms with Crippen LogP contribution in [-0.2, 0) is 6.42 Å². The van der Waals surface area contributed by atoms with Crippen LogP contribution in [0.5, 0.6) is 5.75 Å². The summed E-state index contributed by atoms with van der Waals surface area (Å²) in [5, 5.41) is 14.6. The SMILES string of the molecule is COc1ccc2c(c1)/C(=C/C(=O)c1ccccc1[N+](=O)[O-])NC(C)(C)C2. The van der Waals surface area contributed by atoms with Gasteiger partial charge >= 0.3 is 0 Å². The Balaban J connectivity index is 2.08. The molecule has 1 heterocycles. The van der Waals surface area contributed by atoms with Gasteiger partial charge in [0.1, 0.15) is 5.75 Å². The normalized spacial score (nSPS) is 16.5. The number of allylic oxidation sites excluding steroid dienone is 1. The second kappa shape index (κ2) is 6.63. The summed E-state index contributed by atoms with van der Waals surface area (Å²) in [6, 6.07) is 11.7. The molecule has 0 spiro atoms. The number of hydrogen-bond donors (Lipinski definition) is 1. The van der Waals surface area contributed by atoms with Crippen LogP contribution in [0, 0.1) is 10.1 Å². The Hall–Kier alpha value is -3.15. The number of para-hydroxylation sites is 1. The highest BCUT2D eigenvalue weighted by atomic mass is 16.6. The van der Waals surface area contributed by atoms with E-state index in [4.69, 9.17) is 4.74 Å². The van der Waals surface area contributed by atoms with E-state index in [9.17, 15) is 14.9 Å². The molecule has 134 valence electrons. The van der Waals surface area contributed by atoms with E-state index in [0.29, 0.717) is 11.4 Å². The van der Waals surface area contributed by atoms with E-state index in [1.807, 2.05) is 32.0 Å². The van der Waals surface area contributed by atoms with Gasteiger partial charge in [0.15, 0.2) is 5.78 Å². The summed E-state index contributed by atoms with van der Waals surface area (Å²) in [6.45, 7) is 4.09. The van der Waals surface area contributed by atoms with E-state index >= 15 is 0 Å². The van der Waals surface area contributed by atoms with Crippen molar-refractivity contribution in [3.8, 4) is 5.75 Å². The van der Waals surface area contributed by atoms with Gasteiger partial charge in [-0.05, 0) is 44.0 Å². The Morgan fingerprint density at radius 1 is 1.27 bits per heavy atom. The van der Waals surface area contributed by atoms with Crippen LogP contribution < -0.4 is 10.1 Å². The summed E-state index contributed by atoms with van der Waals surface area (Å²) in [5.74, 6) is 0.278. The Kier molecular flexibility index (Phi) is 4.50. The van der Waals surface area contributed by atoms with E-state index < -0.39 is 10.7 Å². The molecule has 0 aliphatic carbocycles. The fourth-order valence-corrected chi connectivity index (χ4v) is 3.20. The lowest BCUT2D eigenvalue weighted by molar-refractivity contribution is -0.385. The fraction of sp³-hybridized carbons (Fsp3) is 0.250. The monoisotopic (exact) mass is 352 g/mol. The third kappa shape index (κ3) is 3.44. The molecule has 6 heteroatoms. The van der Waals surface area contributed by atoms with Crippen LogP contribution in [0.25, 0.3) is 5.70 Å². The molecule has 0 unspecified atom stereocenters. The third-order valence-electron chi connectivity index (χ3n) is 4.35. The number of nitrogens with one attached hydrogen (secondary N) is 1. The van der Waals surface area contributed by atoms with Gasteiger partial charge in [0.05, 0.1) is 17.6 Å². The van der Waals surface area contributed by atoms with Gasteiger partial charge in [-0.1, -0.05) is 18.2 Å². The van der Waals surface area contributed by atoms with Crippen LogP contribution in [0.15, 0.2) is 48.5 Å². The standard InChI is InChI=1S/C20H20N2O4/c1-20(2)12-13-8-9-14(26-3)10-16(13)17(21-20)11-19(23)15-6-4-5-7-18(15)22(24)25/h4-11,21H,12H2,1-3H3/b17-11-. The highest BCUT2D eigenvalue weighted by Gasteiger charge is 2.29. The van der Waals surface area contributed by atoms with Gasteiger partial charge in [-0.25, -0.2) is 0 Å². The number of carbonyl (C=O) groups is 1. The van der Waals surface area contributed by atoms with Crippen molar-refractivity contribution < 1.29 is 14.5 Å². The number of nitro benzene ring substituents is 1. The van der Waals surface area contributed by atoms with Crippen molar-refractivity contribution in [3.05, 3.63) is 75.3 Å². The minimum absolute atomic E-state index is 0.0691. The average Bonchev–Trinajstić information content (AvgIpc) is 2.60. The number of nitrogens with zero attached hydrogens (tertiary/aromatic N) is 1. The average molecular weight is 352 g/mol. The summed E-state index contributed by atoms with van der Waals surface area (Å²) in [7, 11) is 1.59. The summed E-state index contributed by atoms with van der Waals surface area (Å²) in [5.41, 5.74) is 2.23. The zero-order valence-electron chi connectivity index (χ0n) is 14.9. The Bertz CT molecular complexity index is 916. The molecule has 0 aromatic heterocycles. The zero-order chi connectivity index (χ0) is 18.9. The highest BCUT2D eigenvalue weighted by molar-refractivity contribution is 6.11. The van der Waals surface area contributed by atoms with Gasteiger partial charge in [0, 0.05) is 28.9 Å². The van der Waals surface area contributed by atoms with Gasteiger partial charge < -0.3 is 10.1 Å². The first-order valence-corrected chi connectivity index (χ1v) is 8.26. The summed E-state index contributed by atoms with van der Waals surface area (Å²) < 4.78 is 5.29. The van der Waals surface area contributed by atoms with Crippen molar-refractivity contribution in [1.29, 1.82) is 0 Å². The maximum Gasteiger partial charge on any atom is 0.280 e. The number of rotatable bonds is 4. The van der Waals surface area contributed by atoms with Crippen molar-refractivity contribution in [2.24, 2.45) is 0 Å². The van der Waals surface area contributed by atoms with E-state index in [1.54, 1.807) is 19.2 Å². The van der Waals surface area contributed by atoms with Gasteiger partial charge in [0.25, 0.3) is 5.69 Å². The molecule has 0 fully saturated rings. The number of benzene rings is 2. The molecule has 2 aromatic carbocycles. The minimum Gasteiger partial charge on any atom is -0.497 e. The van der Waals surface area contributed by atoms with Gasteiger partial charge in [-0.2, -0.15) is 0 Å². The lowest BCUT2D eigenvalue weighted by atomic mass is 9.85. The molecule has 0 saturated heterocycles. The predicted molar refractivity (Wildman–Crippen MR) is 99.3 cm³/mol. The molecule has 0 amide bonds. The van der Waals surface area contributed by atoms with Crippen molar-refractivity contribution in [2.75, 3.05) is 7.11 Å². The second-order valence-electron chi connectivity index (χ2n) is 6.91. The maximum absolute atomic E-state index is 12.8. The number of nitro groups is 1. The van der Waals surface area contributed by atoms with Crippen molar-refractivity contribution in [3.63, 3.8) is 0 Å². The molecule has 6 nitrogen and oxygen atoms in total. The first-order valence-electron chi connectivity index (χ1n) is 8.26. The van der Waals surface area contributed by atoms with Crippen LogP contribution in [0.1, 0.15) is 35.3 Å². The van der Waals surface area contributed by atoms with E-state index in [2.05, 4.69) is 5.32 Å². The van der Waals surface area contributed by atoms with Crippen LogP contribution in [-0.4, -0.2) is 23.4 Å². The number of ether oxygens (including phenoxy) is 1. The molecule has 0 radical (unpaired) electrons. The Labute approximate surface area is 151 Å². The first kappa shape index (κ1) is 17.7. The van der Waals surface area contributed by atoms with Gasteiger partial charge in [-0.15, -0.1) is 0 Å². The van der Waals surface area contributed by atoms with E-state index in [-0.39, 0.29) is 16.8 Å². The van der Waals surface area contributed by atoms with Crippen LogP contribution in [0.3, 0.4) is 0 Å². The largest absolute Gasteiger partial charge is 0.497 e. The zero-order valence-corrected chi connectivity index (χ0v) is 14.9. The molecular weight excluding hydrogens is 332 g/mol. The van der Waals surface area contributed by atoms with Crippen LogP contribution in [0.4, 0.5) is 5.69 Å². The van der Waals surface area contributed by atoms with Gasteiger partial charge in [0.2, 0.25) is 0 Å². The van der Waals surface area contributed by atoms with Gasteiger partial charge in [-0.3, -0.25) is 14.9 Å². The van der Waals surface area contributed by atoms with Crippen LogP contribution in [0.2, 0.25) is 0 Å². The Morgan fingerprint density at radius 2 is 2.00 bits per heavy atom. The van der Waals surface area contributed by atoms with Crippen molar-refractivity contribution >= 4 is 17.2 Å². The fourth-order valence-electron chi connectivity index (χ4n) is 3.20. The molecule has 1 aliphatic heterocycles. The summed E-state index contributed by atoms with van der Waals surface area (Å²) >= 11 is 0. The topological polar surface area (TPSA) is 81.5 Å². The molecule has 0 atom stereocenters. The van der Waals surface area contributed by atoms with Crippen molar-refractivity contribution in [1.82, 2.24) is 5.32 Å². The summed E-state index contributed by atoms with van der Waals surface area (Å²) in [6.07, 6.45) is 2.23. The first-order chi connectivity index (χ1) is 12.3. The lowest BCUT2D eigenvalue weighted by Crippen LogP contribution is -2.43. The molecule has 0 bridgehead atoms. The van der Waals surface area contributed by atoms with Crippen molar-refractivity contribution in [2.45, 2.75) is 25.8 Å². The number of ketones is 1. The molecule has 0 saturated carbocycles. The van der Waals surface area contributed by atoms with E-state index in [1.165, 1.54) is 18.2 Å². The highest BCUT2D eigenvalue weighted by Crippen LogP contribution is 2.32. The molecule has 2 aromatic rings. The maximum atomic E-state index is 12.8. The predicted octanol–water partition coefficient (Wildman–Crippen LogP) is 3.75. The molecular formula is C20H20N2O4.